The minimum Gasteiger partial charge on any atom is -0.460 e. The van der Waals surface area contributed by atoms with Crippen LogP contribution in [0.5, 0.6) is 0 Å². The van der Waals surface area contributed by atoms with Gasteiger partial charge in [0.1, 0.15) is 6.61 Å². The normalized spacial score (nSPS) is 11.4. The van der Waals surface area contributed by atoms with E-state index in [4.69, 9.17) is 26.2 Å². The van der Waals surface area contributed by atoms with Gasteiger partial charge in [0.15, 0.2) is 0 Å². The van der Waals surface area contributed by atoms with Crippen molar-refractivity contribution in [2.75, 3.05) is 19.8 Å². The van der Waals surface area contributed by atoms with E-state index in [1.807, 2.05) is 6.92 Å². The van der Waals surface area contributed by atoms with Gasteiger partial charge in [0.2, 0.25) is 10.0 Å². The van der Waals surface area contributed by atoms with Gasteiger partial charge in [0, 0.05) is 11.1 Å². The van der Waals surface area contributed by atoms with Gasteiger partial charge in [0.25, 0.3) is 0 Å². The fourth-order valence-electron chi connectivity index (χ4n) is 1.32. The van der Waals surface area contributed by atoms with Crippen LogP contribution in [0, 0.1) is 0 Å². The number of hydrogen-bond donors (Lipinski definition) is 1. The van der Waals surface area contributed by atoms with E-state index in [2.05, 4.69) is 15.9 Å². The van der Waals surface area contributed by atoms with E-state index < -0.39 is 16.0 Å². The average molecular weight is 387 g/mol. The Hall–Kier alpha value is -0.670. The fraction of sp³-hybridized carbons (Fsp3) is 0.364. The molecule has 1 aromatic carbocycles. The van der Waals surface area contributed by atoms with Crippen molar-refractivity contribution in [2.45, 2.75) is 11.8 Å². The summed E-state index contributed by atoms with van der Waals surface area (Å²) in [5.41, 5.74) is -0.0737. The molecular formula is C11H13BrClNO5S. The van der Waals surface area contributed by atoms with Crippen molar-refractivity contribution in [2.24, 2.45) is 5.14 Å². The number of primary sulfonamides is 1. The molecule has 20 heavy (non-hydrogen) atoms. The molecule has 2 N–H and O–H groups in total. The van der Waals surface area contributed by atoms with Crippen molar-refractivity contribution < 1.29 is 22.7 Å². The Balaban J connectivity index is 2.98. The predicted molar refractivity (Wildman–Crippen MR) is 77.3 cm³/mol. The van der Waals surface area contributed by atoms with Crippen LogP contribution in [0.3, 0.4) is 0 Å². The van der Waals surface area contributed by atoms with Gasteiger partial charge < -0.3 is 9.47 Å². The third-order valence-electron chi connectivity index (χ3n) is 2.21. The summed E-state index contributed by atoms with van der Waals surface area (Å²) in [6.07, 6.45) is 0. The number of nitrogens with two attached hydrogens (primary N) is 1. The molecule has 0 aromatic heterocycles. The van der Waals surface area contributed by atoms with Crippen LogP contribution in [0.2, 0.25) is 5.02 Å². The van der Waals surface area contributed by atoms with Gasteiger partial charge in [-0.15, -0.1) is 0 Å². The fourth-order valence-corrected chi connectivity index (χ4v) is 3.32. The summed E-state index contributed by atoms with van der Waals surface area (Å²) < 4.78 is 32.9. The third kappa shape index (κ3) is 4.71. The lowest BCUT2D eigenvalue weighted by molar-refractivity contribution is 0.0335. The van der Waals surface area contributed by atoms with Gasteiger partial charge in [-0.25, -0.2) is 18.4 Å². The zero-order valence-corrected chi connectivity index (χ0v) is 13.7. The second-order valence-electron chi connectivity index (χ2n) is 3.64. The predicted octanol–water partition coefficient (Wildman–Crippen LogP) is 1.94. The van der Waals surface area contributed by atoms with Crippen LogP contribution in [0.15, 0.2) is 21.5 Å². The molecule has 6 nitrogen and oxygen atoms in total. The molecule has 0 unspecified atom stereocenters. The molecule has 9 heteroatoms. The van der Waals surface area contributed by atoms with Gasteiger partial charge in [-0.3, -0.25) is 0 Å². The molecule has 0 saturated heterocycles. The first-order chi connectivity index (χ1) is 9.27. The molecule has 0 aliphatic rings. The highest BCUT2D eigenvalue weighted by Crippen LogP contribution is 2.28. The molecular weight excluding hydrogens is 374 g/mol. The highest BCUT2D eigenvalue weighted by molar-refractivity contribution is 9.10. The average Bonchev–Trinajstić information content (AvgIpc) is 2.32. The topological polar surface area (TPSA) is 95.7 Å². The van der Waals surface area contributed by atoms with E-state index in [1.54, 1.807) is 0 Å². The van der Waals surface area contributed by atoms with Crippen molar-refractivity contribution in [3.63, 3.8) is 0 Å². The van der Waals surface area contributed by atoms with Crippen LogP contribution in [0.1, 0.15) is 17.3 Å². The molecule has 0 aliphatic carbocycles. The Morgan fingerprint density at radius 1 is 1.40 bits per heavy atom. The Bertz CT molecular complexity index is 605. The highest BCUT2D eigenvalue weighted by atomic mass is 79.9. The second kappa shape index (κ2) is 7.37. The first-order valence-electron chi connectivity index (χ1n) is 5.54. The van der Waals surface area contributed by atoms with Crippen LogP contribution in [-0.4, -0.2) is 34.2 Å². The first kappa shape index (κ1) is 17.4. The molecule has 0 bridgehead atoms. The molecule has 0 aliphatic heterocycles. The van der Waals surface area contributed by atoms with Gasteiger partial charge >= 0.3 is 5.97 Å². The smallest absolute Gasteiger partial charge is 0.339 e. The summed E-state index contributed by atoms with van der Waals surface area (Å²) in [5.74, 6) is -0.743. The van der Waals surface area contributed by atoms with Crippen molar-refractivity contribution in [3.05, 3.63) is 27.2 Å². The minimum absolute atomic E-state index is 0.0454. The number of carbonyl (C=O) groups is 1. The van der Waals surface area contributed by atoms with Gasteiger partial charge in [-0.1, -0.05) is 11.6 Å². The van der Waals surface area contributed by atoms with Crippen LogP contribution < -0.4 is 5.14 Å². The molecule has 0 spiro atoms. The maximum absolute atomic E-state index is 11.8. The summed E-state index contributed by atoms with van der Waals surface area (Å²) in [6.45, 7) is 2.61. The largest absolute Gasteiger partial charge is 0.460 e. The van der Waals surface area contributed by atoms with E-state index in [9.17, 15) is 13.2 Å². The van der Waals surface area contributed by atoms with E-state index in [0.29, 0.717) is 6.61 Å². The lowest BCUT2D eigenvalue weighted by atomic mass is 10.2. The molecule has 0 amide bonds. The van der Waals surface area contributed by atoms with Crippen LogP contribution >= 0.6 is 27.5 Å². The van der Waals surface area contributed by atoms with E-state index in [1.165, 1.54) is 6.07 Å². The molecule has 0 radical (unpaired) electrons. The maximum Gasteiger partial charge on any atom is 0.339 e. The highest BCUT2D eigenvalue weighted by Gasteiger charge is 2.20. The number of sulfonamides is 1. The lowest BCUT2D eigenvalue weighted by Gasteiger charge is -2.09. The quantitative estimate of drug-likeness (QED) is 0.595. The minimum atomic E-state index is -3.97. The number of hydrogen-bond acceptors (Lipinski definition) is 5. The SMILES string of the molecule is CCOCCOC(=O)c1cc(S(N)(=O)=O)c(Br)cc1Cl. The van der Waals surface area contributed by atoms with Gasteiger partial charge in [-0.05, 0) is 35.0 Å². The third-order valence-corrected chi connectivity index (χ3v) is 4.40. The molecule has 112 valence electrons. The van der Waals surface area contributed by atoms with Crippen molar-refractivity contribution in [3.8, 4) is 0 Å². The lowest BCUT2D eigenvalue weighted by Crippen LogP contribution is -2.16. The van der Waals surface area contributed by atoms with Gasteiger partial charge in [0.05, 0.1) is 22.1 Å². The Labute approximate surface area is 130 Å². The summed E-state index contributed by atoms with van der Waals surface area (Å²) in [6, 6.07) is 2.35. The molecule has 1 aromatic rings. The number of carbonyl (C=O) groups excluding carboxylic acids is 1. The number of ether oxygens (including phenoxy) is 2. The summed E-state index contributed by atoms with van der Waals surface area (Å²) in [7, 11) is -3.97. The Kier molecular flexibility index (Phi) is 6.41. The zero-order valence-electron chi connectivity index (χ0n) is 10.6. The molecule has 0 atom stereocenters. The van der Waals surface area contributed by atoms with Gasteiger partial charge in [-0.2, -0.15) is 0 Å². The number of halogens is 2. The Morgan fingerprint density at radius 3 is 2.60 bits per heavy atom. The molecule has 0 heterocycles. The Morgan fingerprint density at radius 2 is 2.05 bits per heavy atom. The maximum atomic E-state index is 11.8. The van der Waals surface area contributed by atoms with Crippen LogP contribution in [0.25, 0.3) is 0 Å². The first-order valence-corrected chi connectivity index (χ1v) is 8.25. The monoisotopic (exact) mass is 385 g/mol. The van der Waals surface area contributed by atoms with E-state index in [0.717, 1.165) is 6.07 Å². The summed E-state index contributed by atoms with van der Waals surface area (Å²) >= 11 is 8.91. The molecule has 1 rings (SSSR count). The van der Waals surface area contributed by atoms with Crippen LogP contribution in [0.4, 0.5) is 0 Å². The zero-order chi connectivity index (χ0) is 15.3. The summed E-state index contributed by atoms with van der Waals surface area (Å²) in [4.78, 5) is 11.6. The number of esters is 1. The van der Waals surface area contributed by atoms with Crippen molar-refractivity contribution in [1.82, 2.24) is 0 Å². The number of rotatable bonds is 6. The van der Waals surface area contributed by atoms with E-state index in [-0.39, 0.29) is 33.2 Å². The van der Waals surface area contributed by atoms with Crippen molar-refractivity contribution >= 4 is 43.5 Å². The molecule has 0 saturated carbocycles. The summed E-state index contributed by atoms with van der Waals surface area (Å²) in [5, 5.41) is 5.10. The number of benzene rings is 1. The second-order valence-corrected chi connectivity index (χ2v) is 6.43. The molecule has 0 fully saturated rings. The van der Waals surface area contributed by atoms with Crippen molar-refractivity contribution in [1.29, 1.82) is 0 Å². The van der Waals surface area contributed by atoms with Crippen LogP contribution in [-0.2, 0) is 19.5 Å². The van der Waals surface area contributed by atoms with E-state index >= 15 is 0 Å². The standard InChI is InChI=1S/C11H13BrClNO5S/c1-2-18-3-4-19-11(15)7-5-10(20(14,16)17)8(12)6-9(7)13/h5-6H,2-4H2,1H3,(H2,14,16,17).